The number of carbonyl (C=O) groups is 3. The minimum absolute atomic E-state index is 0.0806. The fraction of sp³-hybridized carbons (Fsp3) is 0.700. The minimum Gasteiger partial charge on any atom is -0.480 e. The summed E-state index contributed by atoms with van der Waals surface area (Å²) in [6.07, 6.45) is 1.63. The van der Waals surface area contributed by atoms with Gasteiger partial charge in [-0.15, -0.1) is 0 Å². The molecule has 0 saturated carbocycles. The second-order valence-electron chi connectivity index (χ2n) is 3.51. The molecule has 98 valence electrons. The Hall–Kier alpha value is -1.79. The van der Waals surface area contributed by atoms with Crippen LogP contribution in [0.1, 0.15) is 26.7 Å². The summed E-state index contributed by atoms with van der Waals surface area (Å²) in [5.41, 5.74) is 0. The molecule has 7 nitrogen and oxygen atoms in total. The van der Waals surface area contributed by atoms with Gasteiger partial charge in [-0.3, -0.25) is 9.59 Å². The minimum atomic E-state index is -1.13. The van der Waals surface area contributed by atoms with Crippen LogP contribution in [0.15, 0.2) is 0 Å². The molecule has 0 rings (SSSR count). The van der Waals surface area contributed by atoms with Crippen molar-refractivity contribution < 1.29 is 19.5 Å². The van der Waals surface area contributed by atoms with Crippen LogP contribution in [0, 0.1) is 0 Å². The van der Waals surface area contributed by atoms with Gasteiger partial charge in [0.1, 0.15) is 6.54 Å². The number of nitrogens with one attached hydrogen (secondary N) is 3. The van der Waals surface area contributed by atoms with Crippen molar-refractivity contribution in [1.82, 2.24) is 16.0 Å². The molecule has 0 atom stereocenters. The van der Waals surface area contributed by atoms with E-state index in [1.165, 1.54) is 0 Å². The Labute approximate surface area is 100.0 Å². The topological polar surface area (TPSA) is 108 Å². The van der Waals surface area contributed by atoms with Gasteiger partial charge in [-0.1, -0.05) is 13.8 Å². The Balaban J connectivity index is 3.76. The molecule has 0 aromatic heterocycles. The van der Waals surface area contributed by atoms with Gasteiger partial charge in [0, 0.05) is 6.04 Å². The number of carboxylic acid groups (broad SMARTS) is 1. The maximum Gasteiger partial charge on any atom is 0.322 e. The molecule has 0 fully saturated rings. The third-order valence-electron chi connectivity index (χ3n) is 2.17. The highest BCUT2D eigenvalue weighted by molar-refractivity contribution is 5.86. The van der Waals surface area contributed by atoms with E-state index in [0.29, 0.717) is 0 Å². The van der Waals surface area contributed by atoms with Crippen LogP contribution in [0.2, 0.25) is 0 Å². The van der Waals surface area contributed by atoms with Gasteiger partial charge in [0.15, 0.2) is 0 Å². The van der Waals surface area contributed by atoms with Crippen molar-refractivity contribution in [3.63, 3.8) is 0 Å². The van der Waals surface area contributed by atoms with E-state index < -0.39 is 24.5 Å². The smallest absolute Gasteiger partial charge is 0.322 e. The van der Waals surface area contributed by atoms with Crippen LogP contribution in [-0.2, 0) is 9.59 Å². The highest BCUT2D eigenvalue weighted by Crippen LogP contribution is 1.94. The number of rotatable bonds is 7. The quantitative estimate of drug-likeness (QED) is 0.492. The number of urea groups is 1. The molecular weight excluding hydrogens is 226 g/mol. The number of amides is 3. The van der Waals surface area contributed by atoms with Gasteiger partial charge in [-0.05, 0) is 12.8 Å². The standard InChI is InChI=1S/C10H19N3O4/c1-3-7(4-2)13-10(17)12-5-8(14)11-6-9(15)16/h7H,3-6H2,1-2H3,(H,11,14)(H,15,16)(H2,12,13,17). The normalized spacial score (nSPS) is 9.82. The maximum atomic E-state index is 11.3. The van der Waals surface area contributed by atoms with Crippen molar-refractivity contribution in [3.8, 4) is 0 Å². The number of hydrogen-bond donors (Lipinski definition) is 4. The molecule has 0 bridgehead atoms. The van der Waals surface area contributed by atoms with Crippen LogP contribution in [0.3, 0.4) is 0 Å². The Bertz CT molecular complexity index is 277. The number of carboxylic acids is 1. The van der Waals surface area contributed by atoms with Crippen LogP contribution < -0.4 is 16.0 Å². The molecule has 0 heterocycles. The summed E-state index contributed by atoms with van der Waals surface area (Å²) in [5, 5.41) is 15.5. The second-order valence-corrected chi connectivity index (χ2v) is 3.51. The first-order valence-electron chi connectivity index (χ1n) is 5.52. The van der Waals surface area contributed by atoms with Crippen molar-refractivity contribution in [2.24, 2.45) is 0 Å². The highest BCUT2D eigenvalue weighted by Gasteiger charge is 2.09. The molecule has 0 spiro atoms. The molecule has 0 unspecified atom stereocenters. The molecule has 17 heavy (non-hydrogen) atoms. The molecule has 3 amide bonds. The van der Waals surface area contributed by atoms with Gasteiger partial charge in [0.05, 0.1) is 6.54 Å². The molecule has 7 heteroatoms. The SMILES string of the molecule is CCC(CC)NC(=O)NCC(=O)NCC(=O)O. The van der Waals surface area contributed by atoms with Crippen LogP contribution in [0.5, 0.6) is 0 Å². The third-order valence-corrected chi connectivity index (χ3v) is 2.17. The predicted molar refractivity (Wildman–Crippen MR) is 61.5 cm³/mol. The first kappa shape index (κ1) is 15.2. The summed E-state index contributed by atoms with van der Waals surface area (Å²) in [7, 11) is 0. The van der Waals surface area contributed by atoms with Crippen molar-refractivity contribution in [2.75, 3.05) is 13.1 Å². The fourth-order valence-corrected chi connectivity index (χ4v) is 1.13. The summed E-state index contributed by atoms with van der Waals surface area (Å²) in [6, 6.07) is -0.346. The summed E-state index contributed by atoms with van der Waals surface area (Å²) in [5.74, 6) is -1.66. The molecular formula is C10H19N3O4. The van der Waals surface area contributed by atoms with Crippen molar-refractivity contribution in [1.29, 1.82) is 0 Å². The van der Waals surface area contributed by atoms with Crippen molar-refractivity contribution in [3.05, 3.63) is 0 Å². The highest BCUT2D eigenvalue weighted by atomic mass is 16.4. The Morgan fingerprint density at radius 2 is 1.65 bits per heavy atom. The Morgan fingerprint density at radius 3 is 2.12 bits per heavy atom. The molecule has 4 N–H and O–H groups in total. The molecule has 0 aliphatic heterocycles. The summed E-state index contributed by atoms with van der Waals surface area (Å²) in [6.45, 7) is 3.22. The predicted octanol–water partition coefficient (Wildman–Crippen LogP) is -0.325. The van der Waals surface area contributed by atoms with Gasteiger partial charge in [-0.2, -0.15) is 0 Å². The number of aliphatic carboxylic acids is 1. The third kappa shape index (κ3) is 8.06. The van der Waals surface area contributed by atoms with Crippen molar-refractivity contribution >= 4 is 17.9 Å². The van der Waals surface area contributed by atoms with Crippen LogP contribution in [0.25, 0.3) is 0 Å². The summed E-state index contributed by atoms with van der Waals surface area (Å²) < 4.78 is 0. The van der Waals surface area contributed by atoms with Crippen LogP contribution >= 0.6 is 0 Å². The van der Waals surface area contributed by atoms with E-state index in [1.54, 1.807) is 0 Å². The molecule has 0 aromatic carbocycles. The molecule has 0 aliphatic rings. The van der Waals surface area contributed by atoms with E-state index in [2.05, 4.69) is 16.0 Å². The van der Waals surface area contributed by atoms with E-state index in [4.69, 9.17) is 5.11 Å². The summed E-state index contributed by atoms with van der Waals surface area (Å²) in [4.78, 5) is 32.5. The first-order valence-corrected chi connectivity index (χ1v) is 5.52. The van der Waals surface area contributed by atoms with E-state index in [1.807, 2.05) is 13.8 Å². The largest absolute Gasteiger partial charge is 0.480 e. The monoisotopic (exact) mass is 245 g/mol. The number of hydrogen-bond acceptors (Lipinski definition) is 3. The van der Waals surface area contributed by atoms with E-state index in [9.17, 15) is 14.4 Å². The lowest BCUT2D eigenvalue weighted by molar-refractivity contribution is -0.137. The van der Waals surface area contributed by atoms with Gasteiger partial charge in [0.25, 0.3) is 0 Å². The molecule has 0 aliphatic carbocycles. The van der Waals surface area contributed by atoms with Gasteiger partial charge in [0.2, 0.25) is 5.91 Å². The molecule has 0 radical (unpaired) electrons. The zero-order valence-electron chi connectivity index (χ0n) is 10.1. The van der Waals surface area contributed by atoms with Gasteiger partial charge >= 0.3 is 12.0 Å². The second kappa shape index (κ2) is 8.37. The van der Waals surface area contributed by atoms with E-state index in [-0.39, 0.29) is 12.6 Å². The van der Waals surface area contributed by atoms with Crippen molar-refractivity contribution in [2.45, 2.75) is 32.7 Å². The van der Waals surface area contributed by atoms with Gasteiger partial charge in [-0.25, -0.2) is 4.79 Å². The summed E-state index contributed by atoms with van der Waals surface area (Å²) >= 11 is 0. The fourth-order valence-electron chi connectivity index (χ4n) is 1.13. The first-order chi connectivity index (χ1) is 7.99. The average Bonchev–Trinajstić information content (AvgIpc) is 2.30. The van der Waals surface area contributed by atoms with Crippen LogP contribution in [-0.4, -0.2) is 42.1 Å². The number of carbonyl (C=O) groups excluding carboxylic acids is 2. The lowest BCUT2D eigenvalue weighted by Crippen LogP contribution is -2.46. The van der Waals surface area contributed by atoms with Gasteiger partial charge < -0.3 is 21.1 Å². The zero-order valence-corrected chi connectivity index (χ0v) is 10.1. The maximum absolute atomic E-state index is 11.3. The average molecular weight is 245 g/mol. The lowest BCUT2D eigenvalue weighted by atomic mass is 10.2. The Morgan fingerprint density at radius 1 is 1.06 bits per heavy atom. The zero-order chi connectivity index (χ0) is 13.3. The Kier molecular flexibility index (Phi) is 7.49. The molecule has 0 saturated heterocycles. The molecule has 0 aromatic rings. The lowest BCUT2D eigenvalue weighted by Gasteiger charge is -2.15. The van der Waals surface area contributed by atoms with E-state index in [0.717, 1.165) is 12.8 Å². The van der Waals surface area contributed by atoms with Crippen LogP contribution in [0.4, 0.5) is 4.79 Å². The van der Waals surface area contributed by atoms with E-state index >= 15 is 0 Å².